The monoisotopic (exact) mass is 290 g/mol. The molecule has 4 heteroatoms. The van der Waals surface area contributed by atoms with Crippen molar-refractivity contribution < 1.29 is 4.79 Å². The molecule has 20 heavy (non-hydrogen) atoms. The Morgan fingerprint density at radius 3 is 2.65 bits per heavy atom. The topological polar surface area (TPSA) is 46.3 Å². The first kappa shape index (κ1) is 15.0. The molecular formula is C16H22N2OS. The van der Waals surface area contributed by atoms with Crippen LogP contribution < -0.4 is 5.73 Å². The minimum absolute atomic E-state index is 0.236. The molecule has 2 rings (SSSR count). The lowest BCUT2D eigenvalue weighted by molar-refractivity contribution is -0.134. The summed E-state index contributed by atoms with van der Waals surface area (Å²) in [4.78, 5) is 14.9. The van der Waals surface area contributed by atoms with E-state index in [1.54, 1.807) is 0 Å². The number of thiocarbonyl (C=S) groups is 1. The molecule has 2 N–H and O–H groups in total. The molecule has 1 atom stereocenters. The van der Waals surface area contributed by atoms with Crippen LogP contribution >= 0.6 is 12.2 Å². The number of benzene rings is 1. The van der Waals surface area contributed by atoms with Crippen LogP contribution in [-0.4, -0.2) is 28.4 Å². The van der Waals surface area contributed by atoms with Crippen molar-refractivity contribution in [2.45, 2.75) is 45.1 Å². The van der Waals surface area contributed by atoms with Gasteiger partial charge in [-0.05, 0) is 31.2 Å². The first-order valence-electron chi connectivity index (χ1n) is 7.30. The third kappa shape index (κ3) is 3.57. The van der Waals surface area contributed by atoms with Gasteiger partial charge in [0.05, 0.1) is 6.42 Å². The van der Waals surface area contributed by atoms with Crippen LogP contribution in [0, 0.1) is 0 Å². The second-order valence-electron chi connectivity index (χ2n) is 5.38. The number of amides is 1. The van der Waals surface area contributed by atoms with Gasteiger partial charge in [-0.1, -0.05) is 43.4 Å². The van der Waals surface area contributed by atoms with Crippen LogP contribution in [-0.2, 0) is 11.2 Å². The average Bonchev–Trinajstić information content (AvgIpc) is 2.47. The van der Waals surface area contributed by atoms with E-state index in [0.29, 0.717) is 17.5 Å². The SMILES string of the molecule is CCC1CCCCN1C(=O)Cc1ccc(C(N)=S)cc1. The Kier molecular flexibility index (Phi) is 5.12. The Morgan fingerprint density at radius 1 is 1.35 bits per heavy atom. The zero-order valence-corrected chi connectivity index (χ0v) is 12.8. The van der Waals surface area contributed by atoms with E-state index < -0.39 is 0 Å². The normalized spacial score (nSPS) is 18.9. The fourth-order valence-electron chi connectivity index (χ4n) is 2.82. The molecular weight excluding hydrogens is 268 g/mol. The summed E-state index contributed by atoms with van der Waals surface area (Å²) in [5.74, 6) is 0.236. The number of nitrogens with zero attached hydrogens (tertiary/aromatic N) is 1. The van der Waals surface area contributed by atoms with E-state index in [1.165, 1.54) is 6.42 Å². The first-order chi connectivity index (χ1) is 9.61. The van der Waals surface area contributed by atoms with Gasteiger partial charge in [-0.3, -0.25) is 4.79 Å². The van der Waals surface area contributed by atoms with Gasteiger partial charge >= 0.3 is 0 Å². The number of likely N-dealkylation sites (tertiary alicyclic amines) is 1. The van der Waals surface area contributed by atoms with Gasteiger partial charge in [-0.2, -0.15) is 0 Å². The van der Waals surface area contributed by atoms with Gasteiger partial charge in [-0.15, -0.1) is 0 Å². The number of piperidine rings is 1. The number of rotatable bonds is 4. The second kappa shape index (κ2) is 6.84. The van der Waals surface area contributed by atoms with Gasteiger partial charge in [0, 0.05) is 18.2 Å². The van der Waals surface area contributed by atoms with E-state index in [9.17, 15) is 4.79 Å². The van der Waals surface area contributed by atoms with Crippen molar-refractivity contribution in [3.05, 3.63) is 35.4 Å². The molecule has 1 fully saturated rings. The number of nitrogens with two attached hydrogens (primary N) is 1. The van der Waals surface area contributed by atoms with E-state index in [2.05, 4.69) is 11.8 Å². The first-order valence-corrected chi connectivity index (χ1v) is 7.71. The summed E-state index contributed by atoms with van der Waals surface area (Å²) < 4.78 is 0. The smallest absolute Gasteiger partial charge is 0.227 e. The second-order valence-corrected chi connectivity index (χ2v) is 5.82. The standard InChI is InChI=1S/C16H22N2OS/c1-2-14-5-3-4-10-18(14)15(19)11-12-6-8-13(9-7-12)16(17)20/h6-9,14H,2-5,10-11H2,1H3,(H2,17,20). The summed E-state index contributed by atoms with van der Waals surface area (Å²) in [6.07, 6.45) is 5.02. The fraction of sp³-hybridized carbons (Fsp3) is 0.500. The predicted octanol–water partition coefficient (Wildman–Crippen LogP) is 2.65. The van der Waals surface area contributed by atoms with Gasteiger partial charge in [0.2, 0.25) is 5.91 Å². The van der Waals surface area contributed by atoms with Crippen molar-refractivity contribution in [2.75, 3.05) is 6.54 Å². The Hall–Kier alpha value is -1.42. The lowest BCUT2D eigenvalue weighted by Gasteiger charge is -2.35. The Labute approximate surface area is 126 Å². The van der Waals surface area contributed by atoms with Gasteiger partial charge in [0.1, 0.15) is 4.99 Å². The molecule has 1 aliphatic heterocycles. The van der Waals surface area contributed by atoms with Crippen LogP contribution in [0.15, 0.2) is 24.3 Å². The molecule has 0 aromatic heterocycles. The number of carbonyl (C=O) groups is 1. The van der Waals surface area contributed by atoms with Crippen LogP contribution in [0.5, 0.6) is 0 Å². The summed E-state index contributed by atoms with van der Waals surface area (Å²) in [6.45, 7) is 3.07. The van der Waals surface area contributed by atoms with Crippen LogP contribution in [0.2, 0.25) is 0 Å². The highest BCUT2D eigenvalue weighted by Crippen LogP contribution is 2.20. The van der Waals surface area contributed by atoms with Gasteiger partial charge in [0.15, 0.2) is 0 Å². The lowest BCUT2D eigenvalue weighted by atomic mass is 9.99. The van der Waals surface area contributed by atoms with Crippen LogP contribution in [0.4, 0.5) is 0 Å². The van der Waals surface area contributed by atoms with Crippen molar-refractivity contribution in [3.63, 3.8) is 0 Å². The van der Waals surface area contributed by atoms with E-state index in [4.69, 9.17) is 18.0 Å². The van der Waals surface area contributed by atoms with Crippen molar-refractivity contribution >= 4 is 23.1 Å². The van der Waals surface area contributed by atoms with Gasteiger partial charge in [0.25, 0.3) is 0 Å². The zero-order valence-electron chi connectivity index (χ0n) is 12.0. The highest BCUT2D eigenvalue weighted by molar-refractivity contribution is 7.80. The molecule has 0 saturated carbocycles. The van der Waals surface area contributed by atoms with Crippen molar-refractivity contribution in [3.8, 4) is 0 Å². The third-order valence-electron chi connectivity index (χ3n) is 4.01. The van der Waals surface area contributed by atoms with Gasteiger partial charge in [-0.25, -0.2) is 0 Å². The van der Waals surface area contributed by atoms with E-state index in [-0.39, 0.29) is 5.91 Å². The minimum Gasteiger partial charge on any atom is -0.389 e. The molecule has 1 aromatic rings. The minimum atomic E-state index is 0.236. The molecule has 1 amide bonds. The largest absolute Gasteiger partial charge is 0.389 e. The summed E-state index contributed by atoms with van der Waals surface area (Å²) in [5, 5.41) is 0. The Morgan fingerprint density at radius 2 is 2.05 bits per heavy atom. The predicted molar refractivity (Wildman–Crippen MR) is 85.7 cm³/mol. The quantitative estimate of drug-likeness (QED) is 0.867. The summed E-state index contributed by atoms with van der Waals surface area (Å²) in [6, 6.07) is 8.08. The molecule has 1 saturated heterocycles. The lowest BCUT2D eigenvalue weighted by Crippen LogP contribution is -2.44. The molecule has 1 aliphatic rings. The zero-order chi connectivity index (χ0) is 14.5. The van der Waals surface area contributed by atoms with Gasteiger partial charge < -0.3 is 10.6 Å². The molecule has 3 nitrogen and oxygen atoms in total. The van der Waals surface area contributed by atoms with Crippen molar-refractivity contribution in [2.24, 2.45) is 5.73 Å². The summed E-state index contributed by atoms with van der Waals surface area (Å²) in [5.41, 5.74) is 7.45. The summed E-state index contributed by atoms with van der Waals surface area (Å²) in [7, 11) is 0. The molecule has 108 valence electrons. The third-order valence-corrected chi connectivity index (χ3v) is 4.25. The molecule has 0 radical (unpaired) electrons. The van der Waals surface area contributed by atoms with E-state index >= 15 is 0 Å². The number of hydrogen-bond donors (Lipinski definition) is 1. The summed E-state index contributed by atoms with van der Waals surface area (Å²) >= 11 is 4.93. The molecule has 1 aromatic carbocycles. The maximum absolute atomic E-state index is 12.4. The van der Waals surface area contributed by atoms with E-state index in [0.717, 1.165) is 36.9 Å². The van der Waals surface area contributed by atoms with Crippen molar-refractivity contribution in [1.29, 1.82) is 0 Å². The fourth-order valence-corrected chi connectivity index (χ4v) is 2.95. The Bertz CT molecular complexity index is 484. The molecule has 0 spiro atoms. The molecule has 0 bridgehead atoms. The highest BCUT2D eigenvalue weighted by Gasteiger charge is 2.24. The molecule has 1 unspecified atom stereocenters. The Balaban J connectivity index is 2.01. The highest BCUT2D eigenvalue weighted by atomic mass is 32.1. The van der Waals surface area contributed by atoms with Crippen LogP contribution in [0.25, 0.3) is 0 Å². The van der Waals surface area contributed by atoms with E-state index in [1.807, 2.05) is 24.3 Å². The average molecular weight is 290 g/mol. The van der Waals surface area contributed by atoms with Crippen molar-refractivity contribution in [1.82, 2.24) is 4.90 Å². The van der Waals surface area contributed by atoms with Crippen LogP contribution in [0.3, 0.4) is 0 Å². The number of carbonyl (C=O) groups excluding carboxylic acids is 1. The molecule has 1 heterocycles. The van der Waals surface area contributed by atoms with Crippen LogP contribution in [0.1, 0.15) is 43.7 Å². The maximum atomic E-state index is 12.4. The maximum Gasteiger partial charge on any atom is 0.227 e. The number of hydrogen-bond acceptors (Lipinski definition) is 2. The molecule has 0 aliphatic carbocycles.